The van der Waals surface area contributed by atoms with Gasteiger partial charge in [0.1, 0.15) is 0 Å². The smallest absolute Gasteiger partial charge is 0.240 e. The summed E-state index contributed by atoms with van der Waals surface area (Å²) in [5.74, 6) is 0.699. The molecule has 0 heterocycles. The van der Waals surface area contributed by atoms with Crippen molar-refractivity contribution in [3.8, 4) is 0 Å². The number of sulfonamides is 1. The van der Waals surface area contributed by atoms with Gasteiger partial charge in [-0.3, -0.25) is 4.99 Å². The summed E-state index contributed by atoms with van der Waals surface area (Å²) in [6.45, 7) is 3.33. The molecule has 0 aromatic heterocycles. The first-order chi connectivity index (χ1) is 13.0. The van der Waals surface area contributed by atoms with Gasteiger partial charge in [-0.25, -0.2) is 13.1 Å². The van der Waals surface area contributed by atoms with Crippen LogP contribution in [0.1, 0.15) is 29.5 Å². The van der Waals surface area contributed by atoms with Crippen LogP contribution >= 0.6 is 24.0 Å². The number of aliphatic imine (C=N–C) groups is 1. The zero-order chi connectivity index (χ0) is 19.3. The molecule has 1 aliphatic rings. The predicted octanol–water partition coefficient (Wildman–Crippen LogP) is 2.92. The van der Waals surface area contributed by atoms with E-state index in [0.717, 1.165) is 18.4 Å². The Bertz CT molecular complexity index is 910. The maximum Gasteiger partial charge on any atom is 0.240 e. The largest absolute Gasteiger partial charge is 0.352 e. The third-order valence-electron chi connectivity index (χ3n) is 4.52. The van der Waals surface area contributed by atoms with Crippen molar-refractivity contribution in [2.24, 2.45) is 4.99 Å². The van der Waals surface area contributed by atoms with Crippen LogP contribution in [-0.4, -0.2) is 27.5 Å². The molecule has 2 aromatic carbocycles. The standard InChI is InChI=1S/C20H26N4O2S.HI/c1-15-5-3-4-6-17(15)14-23-20(21-2)22-13-16-7-11-19(12-8-16)27(25,26)24-18-9-10-18;/h3-8,11-12,18,24H,9-10,13-14H2,1-2H3,(H2,21,22,23);1H. The number of nitrogens with zero attached hydrogens (tertiary/aromatic N) is 1. The minimum Gasteiger partial charge on any atom is -0.352 e. The molecule has 0 unspecified atom stereocenters. The molecule has 152 valence electrons. The van der Waals surface area contributed by atoms with Gasteiger partial charge >= 0.3 is 0 Å². The van der Waals surface area contributed by atoms with Crippen LogP contribution in [0.2, 0.25) is 0 Å². The van der Waals surface area contributed by atoms with Gasteiger partial charge in [0.15, 0.2) is 5.96 Å². The van der Waals surface area contributed by atoms with Crippen molar-refractivity contribution in [3.05, 3.63) is 65.2 Å². The second-order valence-electron chi connectivity index (χ2n) is 6.75. The molecule has 0 bridgehead atoms. The van der Waals surface area contributed by atoms with Gasteiger partial charge in [-0.05, 0) is 48.6 Å². The van der Waals surface area contributed by atoms with Crippen LogP contribution in [0, 0.1) is 6.92 Å². The van der Waals surface area contributed by atoms with Crippen LogP contribution in [0.4, 0.5) is 0 Å². The Kier molecular flexibility index (Phi) is 8.26. The maximum absolute atomic E-state index is 12.2. The normalized spacial score (nSPS) is 14.3. The second-order valence-corrected chi connectivity index (χ2v) is 8.46. The van der Waals surface area contributed by atoms with Crippen LogP contribution in [0.25, 0.3) is 0 Å². The van der Waals surface area contributed by atoms with E-state index in [2.05, 4.69) is 39.4 Å². The first-order valence-corrected chi connectivity index (χ1v) is 10.6. The fourth-order valence-electron chi connectivity index (χ4n) is 2.67. The first-order valence-electron chi connectivity index (χ1n) is 9.08. The fourth-order valence-corrected chi connectivity index (χ4v) is 3.97. The molecule has 1 aliphatic carbocycles. The van der Waals surface area contributed by atoms with Gasteiger partial charge in [-0.2, -0.15) is 0 Å². The Morgan fingerprint density at radius 1 is 1.04 bits per heavy atom. The summed E-state index contributed by atoms with van der Waals surface area (Å²) in [6, 6.07) is 15.3. The highest BCUT2D eigenvalue weighted by atomic mass is 127. The molecule has 0 saturated heterocycles. The third kappa shape index (κ3) is 6.46. The van der Waals surface area contributed by atoms with E-state index < -0.39 is 10.0 Å². The van der Waals surface area contributed by atoms with Gasteiger partial charge in [-0.1, -0.05) is 36.4 Å². The molecule has 3 rings (SSSR count). The van der Waals surface area contributed by atoms with E-state index in [9.17, 15) is 8.42 Å². The number of benzene rings is 2. The zero-order valence-electron chi connectivity index (χ0n) is 16.1. The van der Waals surface area contributed by atoms with Crippen molar-refractivity contribution in [1.29, 1.82) is 0 Å². The van der Waals surface area contributed by atoms with Gasteiger partial charge in [-0.15, -0.1) is 24.0 Å². The average molecular weight is 514 g/mol. The number of hydrogen-bond donors (Lipinski definition) is 3. The Labute approximate surface area is 184 Å². The molecule has 28 heavy (non-hydrogen) atoms. The third-order valence-corrected chi connectivity index (χ3v) is 6.06. The van der Waals surface area contributed by atoms with Gasteiger partial charge in [0, 0.05) is 26.2 Å². The lowest BCUT2D eigenvalue weighted by atomic mass is 10.1. The lowest BCUT2D eigenvalue weighted by molar-refractivity contribution is 0.581. The molecule has 0 aliphatic heterocycles. The number of halogens is 1. The van der Waals surface area contributed by atoms with E-state index in [1.54, 1.807) is 19.2 Å². The summed E-state index contributed by atoms with van der Waals surface area (Å²) in [4.78, 5) is 4.54. The number of hydrogen-bond acceptors (Lipinski definition) is 3. The van der Waals surface area contributed by atoms with Crippen molar-refractivity contribution >= 4 is 40.0 Å². The SMILES string of the molecule is CN=C(NCc1ccc(S(=O)(=O)NC2CC2)cc1)NCc1ccccc1C.I. The van der Waals surface area contributed by atoms with E-state index in [4.69, 9.17) is 0 Å². The van der Waals surface area contributed by atoms with Crippen LogP contribution in [0.3, 0.4) is 0 Å². The first kappa shape index (κ1) is 22.6. The van der Waals surface area contributed by atoms with Crippen LogP contribution in [0.5, 0.6) is 0 Å². The van der Waals surface area contributed by atoms with Crippen molar-refractivity contribution in [1.82, 2.24) is 15.4 Å². The molecule has 1 fully saturated rings. The summed E-state index contributed by atoms with van der Waals surface area (Å²) in [5.41, 5.74) is 3.44. The van der Waals surface area contributed by atoms with E-state index in [0.29, 0.717) is 23.9 Å². The number of rotatable bonds is 7. The van der Waals surface area contributed by atoms with E-state index in [1.807, 2.05) is 24.3 Å². The Hall–Kier alpha value is -1.65. The maximum atomic E-state index is 12.2. The lowest BCUT2D eigenvalue weighted by Gasteiger charge is -2.13. The average Bonchev–Trinajstić information content (AvgIpc) is 3.47. The molecule has 0 radical (unpaired) electrons. The highest BCUT2D eigenvalue weighted by molar-refractivity contribution is 14.0. The summed E-state index contributed by atoms with van der Waals surface area (Å²) in [6.07, 6.45) is 1.85. The van der Waals surface area contributed by atoms with Crippen LogP contribution in [0.15, 0.2) is 58.4 Å². The summed E-state index contributed by atoms with van der Waals surface area (Å²) in [7, 11) is -1.67. The van der Waals surface area contributed by atoms with Crippen molar-refractivity contribution in [3.63, 3.8) is 0 Å². The highest BCUT2D eigenvalue weighted by Crippen LogP contribution is 2.22. The molecule has 0 atom stereocenters. The zero-order valence-corrected chi connectivity index (χ0v) is 19.3. The number of nitrogens with one attached hydrogen (secondary N) is 3. The van der Waals surface area contributed by atoms with Gasteiger partial charge < -0.3 is 10.6 Å². The van der Waals surface area contributed by atoms with Crippen molar-refractivity contribution in [2.75, 3.05) is 7.05 Å². The number of aryl methyl sites for hydroxylation is 1. The highest BCUT2D eigenvalue weighted by Gasteiger charge is 2.27. The van der Waals surface area contributed by atoms with Gasteiger partial charge in [0.2, 0.25) is 10.0 Å². The molecular weight excluding hydrogens is 487 g/mol. The molecule has 8 heteroatoms. The second kappa shape index (κ2) is 10.2. The quantitative estimate of drug-likeness (QED) is 0.302. The molecule has 6 nitrogen and oxygen atoms in total. The fraction of sp³-hybridized carbons (Fsp3) is 0.350. The van der Waals surface area contributed by atoms with E-state index >= 15 is 0 Å². The Morgan fingerprint density at radius 2 is 1.68 bits per heavy atom. The van der Waals surface area contributed by atoms with Gasteiger partial charge in [0.05, 0.1) is 4.90 Å². The minimum atomic E-state index is -3.40. The molecule has 1 saturated carbocycles. The number of guanidine groups is 1. The predicted molar refractivity (Wildman–Crippen MR) is 123 cm³/mol. The summed E-state index contributed by atoms with van der Waals surface area (Å²) >= 11 is 0. The molecule has 3 N–H and O–H groups in total. The monoisotopic (exact) mass is 514 g/mol. The van der Waals surface area contributed by atoms with E-state index in [-0.39, 0.29) is 30.0 Å². The van der Waals surface area contributed by atoms with Crippen LogP contribution in [-0.2, 0) is 23.1 Å². The Balaban J connectivity index is 0.00000280. The minimum absolute atomic E-state index is 0. The van der Waals surface area contributed by atoms with E-state index in [1.165, 1.54) is 11.1 Å². The molecular formula is C20H27IN4O2S. The van der Waals surface area contributed by atoms with Crippen molar-refractivity contribution in [2.45, 2.75) is 43.8 Å². The summed E-state index contributed by atoms with van der Waals surface area (Å²) in [5, 5.41) is 6.54. The van der Waals surface area contributed by atoms with Crippen molar-refractivity contribution < 1.29 is 8.42 Å². The van der Waals surface area contributed by atoms with Gasteiger partial charge in [0.25, 0.3) is 0 Å². The van der Waals surface area contributed by atoms with Crippen LogP contribution < -0.4 is 15.4 Å². The molecule has 0 spiro atoms. The Morgan fingerprint density at radius 3 is 2.29 bits per heavy atom. The molecule has 0 amide bonds. The summed E-state index contributed by atoms with van der Waals surface area (Å²) < 4.78 is 27.1. The lowest BCUT2D eigenvalue weighted by Crippen LogP contribution is -2.36. The topological polar surface area (TPSA) is 82.6 Å². The molecule has 2 aromatic rings.